The lowest BCUT2D eigenvalue weighted by Crippen LogP contribution is -2.55. The van der Waals surface area contributed by atoms with Crippen LogP contribution in [-0.2, 0) is 9.59 Å². The Bertz CT molecular complexity index is 1030. The molecule has 9 nitrogen and oxygen atoms in total. The van der Waals surface area contributed by atoms with Crippen molar-refractivity contribution in [2.45, 2.75) is 99.7 Å². The van der Waals surface area contributed by atoms with Crippen LogP contribution in [0, 0.1) is 29.1 Å². The number of hydrogen-bond acceptors (Lipinski definition) is 7. The molecular weight excluding hydrogens is 506 g/mol. The number of amides is 2. The number of nitrogens with one attached hydrogen (secondary N) is 2. The van der Waals surface area contributed by atoms with Gasteiger partial charge in [0, 0.05) is 11.3 Å². The molecule has 0 aromatic carbocycles. The number of carbonyl (C=O) groups excluding carboxylic acids is 2. The maximum Gasteiger partial charge on any atom is 0.322 e. The van der Waals surface area contributed by atoms with E-state index in [2.05, 4.69) is 15.8 Å². The van der Waals surface area contributed by atoms with Crippen LogP contribution >= 0.6 is 11.8 Å². The van der Waals surface area contributed by atoms with E-state index < -0.39 is 17.9 Å². The van der Waals surface area contributed by atoms with Crippen molar-refractivity contribution in [2.24, 2.45) is 29.1 Å². The van der Waals surface area contributed by atoms with Crippen LogP contribution in [0.15, 0.2) is 9.42 Å². The zero-order chi connectivity index (χ0) is 26.3. The molecule has 3 N–H and O–H groups in total. The number of hydrogen-bond donors (Lipinski definition) is 3. The average Bonchev–Trinajstić information content (AvgIpc) is 3.26. The molecule has 2 amide bonds. The summed E-state index contributed by atoms with van der Waals surface area (Å²) in [7, 11) is 0. The molecule has 0 unspecified atom stereocenters. The molecule has 6 fully saturated rings. The number of carboxylic acids is 1. The zero-order valence-corrected chi connectivity index (χ0v) is 22.7. The van der Waals surface area contributed by atoms with Gasteiger partial charge < -0.3 is 25.0 Å². The fraction of sp³-hybridized carbons (Fsp3) is 0.786. The van der Waals surface area contributed by atoms with Crippen molar-refractivity contribution in [3.63, 3.8) is 0 Å². The van der Waals surface area contributed by atoms with Crippen LogP contribution in [-0.4, -0.2) is 52.5 Å². The molecule has 0 saturated heterocycles. The van der Waals surface area contributed by atoms with Crippen molar-refractivity contribution in [1.29, 1.82) is 0 Å². The monoisotopic (exact) mass is 545 g/mol. The van der Waals surface area contributed by atoms with Gasteiger partial charge in [0.2, 0.25) is 11.7 Å². The molecule has 0 spiro atoms. The quantitative estimate of drug-likeness (QED) is 0.394. The van der Waals surface area contributed by atoms with E-state index in [1.54, 1.807) is 11.8 Å². The summed E-state index contributed by atoms with van der Waals surface area (Å²) < 4.78 is 11.8. The predicted molar refractivity (Wildman–Crippen MR) is 140 cm³/mol. The second-order valence-electron chi connectivity index (χ2n) is 12.5. The van der Waals surface area contributed by atoms with E-state index in [9.17, 15) is 14.4 Å². The lowest BCUT2D eigenvalue weighted by Gasteiger charge is -2.54. The molecule has 0 radical (unpaired) electrons. The second kappa shape index (κ2) is 10.7. The van der Waals surface area contributed by atoms with E-state index in [4.69, 9.17) is 14.4 Å². The normalized spacial score (nSPS) is 31.4. The van der Waals surface area contributed by atoms with Crippen LogP contribution in [0.2, 0.25) is 0 Å². The summed E-state index contributed by atoms with van der Waals surface area (Å²) in [5.41, 5.74) is -0.774. The smallest absolute Gasteiger partial charge is 0.322 e. The Kier molecular flexibility index (Phi) is 7.35. The minimum absolute atomic E-state index is 0.0832. The Balaban J connectivity index is 1.18. The number of carboxylic acid groups (broad SMARTS) is 1. The summed E-state index contributed by atoms with van der Waals surface area (Å²) in [4.78, 5) is 37.9. The second-order valence-corrected chi connectivity index (χ2v) is 13.8. The maximum atomic E-state index is 13.6. The van der Waals surface area contributed by atoms with E-state index in [1.807, 2.05) is 0 Å². The van der Waals surface area contributed by atoms with Crippen molar-refractivity contribution >= 4 is 29.5 Å². The zero-order valence-electron chi connectivity index (χ0n) is 21.9. The fourth-order valence-corrected chi connectivity index (χ4v) is 9.26. The first kappa shape index (κ1) is 26.0. The van der Waals surface area contributed by atoms with E-state index >= 15 is 0 Å². The largest absolute Gasteiger partial charge is 0.480 e. The number of aromatic nitrogens is 1. The average molecular weight is 546 g/mol. The van der Waals surface area contributed by atoms with Crippen LogP contribution in [0.5, 0.6) is 5.88 Å². The SMILES string of the molecule is O=C(O)CNC(=O)C1(COc2noc(C(=O)NC3C4CC5CC(C4)CC3C5)c2SC2CCCCC2)CCC1. The van der Waals surface area contributed by atoms with Crippen molar-refractivity contribution < 1.29 is 28.8 Å². The van der Waals surface area contributed by atoms with Crippen LogP contribution in [0.25, 0.3) is 0 Å². The third-order valence-corrected chi connectivity index (χ3v) is 11.3. The molecule has 4 bridgehead atoms. The number of aliphatic carboxylic acids is 1. The van der Waals surface area contributed by atoms with Crippen LogP contribution in [0.3, 0.4) is 0 Å². The molecule has 1 heterocycles. The van der Waals surface area contributed by atoms with Gasteiger partial charge in [0.05, 0.1) is 5.41 Å². The maximum absolute atomic E-state index is 13.6. The van der Waals surface area contributed by atoms with Gasteiger partial charge in [-0.1, -0.05) is 25.7 Å². The molecule has 1 aromatic heterocycles. The molecule has 0 atom stereocenters. The van der Waals surface area contributed by atoms with E-state index in [0.29, 0.717) is 34.8 Å². The predicted octanol–water partition coefficient (Wildman–Crippen LogP) is 4.40. The Labute approximate surface area is 227 Å². The third kappa shape index (κ3) is 5.17. The summed E-state index contributed by atoms with van der Waals surface area (Å²) in [5.74, 6) is 1.69. The van der Waals surface area contributed by atoms with Gasteiger partial charge >= 0.3 is 5.97 Å². The molecule has 1 aromatic rings. The summed E-state index contributed by atoms with van der Waals surface area (Å²) in [5, 5.41) is 19.3. The molecule has 7 rings (SSSR count). The molecule has 6 saturated carbocycles. The highest BCUT2D eigenvalue weighted by Gasteiger charge is 2.49. The molecular formula is C28H39N3O6S. The highest BCUT2D eigenvalue weighted by molar-refractivity contribution is 8.00. The molecule has 6 aliphatic carbocycles. The Morgan fingerprint density at radius 2 is 1.68 bits per heavy atom. The van der Waals surface area contributed by atoms with Crippen molar-refractivity contribution in [1.82, 2.24) is 15.8 Å². The standard InChI is InChI=1S/C28H39N3O6S/c32-21(33)14-29-27(35)28(7-4-8-28)15-36-26-24(38-20-5-2-1-3-6-20)23(37-31-26)25(34)30-22-18-10-16-9-17(12-18)13-19(22)11-16/h16-20,22H,1-15H2,(H,29,35)(H,30,34)(H,32,33). The number of rotatable bonds is 10. The highest BCUT2D eigenvalue weighted by atomic mass is 32.2. The van der Waals surface area contributed by atoms with Crippen LogP contribution in [0.1, 0.15) is 94.0 Å². The highest BCUT2D eigenvalue weighted by Crippen LogP contribution is 2.54. The van der Waals surface area contributed by atoms with Gasteiger partial charge in [0.15, 0.2) is 0 Å². The number of thioether (sulfide) groups is 1. The molecule has 0 aliphatic heterocycles. The minimum atomic E-state index is -1.08. The first-order valence-corrected chi connectivity index (χ1v) is 15.4. The van der Waals surface area contributed by atoms with Crippen molar-refractivity contribution in [2.75, 3.05) is 13.2 Å². The molecule has 208 valence electrons. The Morgan fingerprint density at radius 3 is 2.29 bits per heavy atom. The lowest BCUT2D eigenvalue weighted by atomic mass is 9.54. The first-order valence-electron chi connectivity index (χ1n) is 14.5. The summed E-state index contributed by atoms with van der Waals surface area (Å²) in [6, 6.07) is 0.202. The molecule has 6 aliphatic rings. The van der Waals surface area contributed by atoms with Gasteiger partial charge in [-0.25, -0.2) is 0 Å². The Morgan fingerprint density at radius 1 is 1.00 bits per heavy atom. The minimum Gasteiger partial charge on any atom is -0.480 e. The Hall–Kier alpha value is -2.23. The van der Waals surface area contributed by atoms with Gasteiger partial charge in [0.1, 0.15) is 18.0 Å². The fourth-order valence-electron chi connectivity index (χ4n) is 7.93. The molecule has 10 heteroatoms. The number of ether oxygens (including phenoxy) is 1. The van der Waals surface area contributed by atoms with Crippen molar-refractivity contribution in [3.8, 4) is 5.88 Å². The van der Waals surface area contributed by atoms with Crippen LogP contribution < -0.4 is 15.4 Å². The van der Waals surface area contributed by atoms with E-state index in [1.165, 1.54) is 51.4 Å². The first-order chi connectivity index (χ1) is 18.4. The van der Waals surface area contributed by atoms with Crippen LogP contribution in [0.4, 0.5) is 0 Å². The summed E-state index contributed by atoms with van der Waals surface area (Å²) >= 11 is 1.62. The van der Waals surface area contributed by atoms with Crippen molar-refractivity contribution in [3.05, 3.63) is 5.76 Å². The lowest BCUT2D eigenvalue weighted by molar-refractivity contribution is -0.143. The number of nitrogens with zero attached hydrogens (tertiary/aromatic N) is 1. The van der Waals surface area contributed by atoms with Gasteiger partial charge in [-0.15, -0.1) is 11.8 Å². The van der Waals surface area contributed by atoms with E-state index in [0.717, 1.165) is 31.1 Å². The van der Waals surface area contributed by atoms with Gasteiger partial charge in [-0.05, 0) is 86.6 Å². The topological polar surface area (TPSA) is 131 Å². The van der Waals surface area contributed by atoms with Gasteiger partial charge in [-0.3, -0.25) is 14.4 Å². The third-order valence-electron chi connectivity index (χ3n) is 9.87. The van der Waals surface area contributed by atoms with E-state index in [-0.39, 0.29) is 36.1 Å². The summed E-state index contributed by atoms with van der Waals surface area (Å²) in [6.07, 6.45) is 14.1. The number of carbonyl (C=O) groups is 3. The summed E-state index contributed by atoms with van der Waals surface area (Å²) in [6.45, 7) is -0.331. The van der Waals surface area contributed by atoms with Gasteiger partial charge in [0.25, 0.3) is 11.8 Å². The van der Waals surface area contributed by atoms with Gasteiger partial charge in [-0.2, -0.15) is 0 Å². The molecule has 38 heavy (non-hydrogen) atoms.